The second-order valence-electron chi connectivity index (χ2n) is 6.00. The van der Waals surface area contributed by atoms with E-state index in [1.807, 2.05) is 29.2 Å². The van der Waals surface area contributed by atoms with Crippen molar-refractivity contribution in [3.8, 4) is 0 Å². The monoisotopic (exact) mass is 331 g/mol. The summed E-state index contributed by atoms with van der Waals surface area (Å²) in [6, 6.07) is -0.153. The van der Waals surface area contributed by atoms with Gasteiger partial charge in [-0.05, 0) is 18.8 Å². The number of aryl methyl sites for hydroxylation is 1. The van der Waals surface area contributed by atoms with Crippen LogP contribution in [0.25, 0.3) is 4.96 Å². The van der Waals surface area contributed by atoms with E-state index < -0.39 is 0 Å². The Morgan fingerprint density at radius 1 is 1.48 bits per heavy atom. The number of fused-ring (bicyclic) bond motifs is 1. The maximum Gasteiger partial charge on any atom is 0.272 e. The van der Waals surface area contributed by atoms with Crippen molar-refractivity contribution in [2.24, 2.45) is 13.0 Å². The molecule has 3 aromatic rings. The summed E-state index contributed by atoms with van der Waals surface area (Å²) in [5.41, 5.74) is 1.37. The Balaban J connectivity index is 1.56. The van der Waals surface area contributed by atoms with Crippen LogP contribution < -0.4 is 5.32 Å². The molecule has 7 nitrogen and oxygen atoms in total. The van der Waals surface area contributed by atoms with Gasteiger partial charge in [0.15, 0.2) is 4.96 Å². The number of carbonyl (C=O) groups is 1. The highest BCUT2D eigenvalue weighted by molar-refractivity contribution is 7.15. The highest BCUT2D eigenvalue weighted by Crippen LogP contribution is 2.38. The van der Waals surface area contributed by atoms with Crippen LogP contribution in [-0.4, -0.2) is 36.3 Å². The molecule has 1 amide bonds. The van der Waals surface area contributed by atoms with Gasteiger partial charge < -0.3 is 10.4 Å². The molecular formula is C15H17N5O2S. The molecule has 1 atom stereocenters. The lowest BCUT2D eigenvalue weighted by Gasteiger charge is -2.37. The number of rotatable bonds is 4. The maximum atomic E-state index is 12.6. The van der Waals surface area contributed by atoms with Gasteiger partial charge in [0.1, 0.15) is 5.69 Å². The summed E-state index contributed by atoms with van der Waals surface area (Å²) in [5, 5.41) is 18.8. The van der Waals surface area contributed by atoms with E-state index >= 15 is 0 Å². The normalized spacial score (nSPS) is 22.0. The van der Waals surface area contributed by atoms with Gasteiger partial charge >= 0.3 is 0 Å². The number of aliphatic hydroxyl groups is 1. The molecule has 0 aromatic carbocycles. The third-order valence-corrected chi connectivity index (χ3v) is 5.09. The van der Waals surface area contributed by atoms with Crippen molar-refractivity contribution in [1.82, 2.24) is 24.5 Å². The summed E-state index contributed by atoms with van der Waals surface area (Å²) in [6.45, 7) is 0. The molecule has 3 aromatic heterocycles. The number of nitrogens with zero attached hydrogens (tertiary/aromatic N) is 4. The summed E-state index contributed by atoms with van der Waals surface area (Å²) in [6.07, 6.45) is 8.40. The highest BCUT2D eigenvalue weighted by atomic mass is 32.1. The third kappa shape index (κ3) is 2.64. The van der Waals surface area contributed by atoms with Gasteiger partial charge in [0.05, 0.1) is 18.3 Å². The standard InChI is InChI=1S/C15H17N5O2S/c1-19-7-10(6-16-19)13(9-4-11(21)5-9)18-14(22)12-8-20-2-3-23-15(20)17-12/h2-3,6-9,11,13,21H,4-5H2,1H3,(H,18,22)/t9?,11?,13-/m0/s1. The van der Waals surface area contributed by atoms with E-state index in [0.29, 0.717) is 18.5 Å². The minimum Gasteiger partial charge on any atom is -0.393 e. The summed E-state index contributed by atoms with van der Waals surface area (Å²) in [7, 11) is 1.85. The first-order chi connectivity index (χ1) is 11.1. The number of nitrogens with one attached hydrogen (secondary N) is 1. The molecule has 0 unspecified atom stereocenters. The van der Waals surface area contributed by atoms with Crippen molar-refractivity contribution >= 4 is 22.2 Å². The van der Waals surface area contributed by atoms with Crippen molar-refractivity contribution < 1.29 is 9.90 Å². The zero-order chi connectivity index (χ0) is 16.0. The van der Waals surface area contributed by atoms with Gasteiger partial charge in [0.25, 0.3) is 5.91 Å². The number of imidazole rings is 1. The summed E-state index contributed by atoms with van der Waals surface area (Å²) >= 11 is 1.49. The minimum atomic E-state index is -0.269. The maximum absolute atomic E-state index is 12.6. The van der Waals surface area contributed by atoms with Crippen LogP contribution in [-0.2, 0) is 7.05 Å². The molecule has 0 aliphatic heterocycles. The van der Waals surface area contributed by atoms with Crippen LogP contribution in [0.15, 0.2) is 30.2 Å². The van der Waals surface area contributed by atoms with Gasteiger partial charge in [-0.25, -0.2) is 4.98 Å². The zero-order valence-corrected chi connectivity index (χ0v) is 13.4. The molecule has 8 heteroatoms. The summed E-state index contributed by atoms with van der Waals surface area (Å²) < 4.78 is 3.56. The average Bonchev–Trinajstić information content (AvgIpc) is 3.16. The number of carbonyl (C=O) groups excluding carboxylic acids is 1. The molecule has 23 heavy (non-hydrogen) atoms. The topological polar surface area (TPSA) is 84.5 Å². The smallest absolute Gasteiger partial charge is 0.272 e. The van der Waals surface area contributed by atoms with Crippen LogP contribution >= 0.6 is 11.3 Å². The molecule has 1 aliphatic carbocycles. The number of hydrogen-bond donors (Lipinski definition) is 2. The summed E-state index contributed by atoms with van der Waals surface area (Å²) in [5.74, 6) is 0.0259. The first kappa shape index (κ1) is 14.4. The Kier molecular flexibility index (Phi) is 3.42. The second-order valence-corrected chi connectivity index (χ2v) is 6.88. The van der Waals surface area contributed by atoms with Gasteiger partial charge in [-0.2, -0.15) is 5.10 Å². The summed E-state index contributed by atoms with van der Waals surface area (Å²) in [4.78, 5) is 17.7. The molecule has 1 fully saturated rings. The van der Waals surface area contributed by atoms with Gasteiger partial charge in [0, 0.05) is 36.6 Å². The van der Waals surface area contributed by atoms with Gasteiger partial charge in [0.2, 0.25) is 0 Å². The van der Waals surface area contributed by atoms with Crippen LogP contribution in [0, 0.1) is 5.92 Å². The van der Waals surface area contributed by atoms with Crippen LogP contribution in [0.3, 0.4) is 0 Å². The molecule has 1 aliphatic rings. The van der Waals surface area contributed by atoms with Crippen LogP contribution in [0.2, 0.25) is 0 Å². The Bertz CT molecular complexity index is 816. The number of aliphatic hydroxyl groups excluding tert-OH is 1. The molecule has 0 saturated heterocycles. The molecule has 1 saturated carbocycles. The Morgan fingerprint density at radius 3 is 2.96 bits per heavy atom. The molecule has 0 spiro atoms. The van der Waals surface area contributed by atoms with Crippen LogP contribution in [0.4, 0.5) is 0 Å². The third-order valence-electron chi connectivity index (χ3n) is 4.32. The van der Waals surface area contributed by atoms with Crippen molar-refractivity contribution in [3.05, 3.63) is 41.4 Å². The first-order valence-electron chi connectivity index (χ1n) is 7.50. The van der Waals surface area contributed by atoms with E-state index in [4.69, 9.17) is 0 Å². The van der Waals surface area contributed by atoms with E-state index in [-0.39, 0.29) is 24.0 Å². The lowest BCUT2D eigenvalue weighted by atomic mass is 9.75. The fourth-order valence-corrected chi connectivity index (χ4v) is 3.73. The van der Waals surface area contributed by atoms with Crippen LogP contribution in [0.5, 0.6) is 0 Å². The number of thiazole rings is 1. The van der Waals surface area contributed by atoms with E-state index in [0.717, 1.165) is 10.5 Å². The number of aromatic nitrogens is 4. The van der Waals surface area contributed by atoms with Crippen molar-refractivity contribution in [2.75, 3.05) is 0 Å². The lowest BCUT2D eigenvalue weighted by molar-refractivity contribution is 0.0234. The SMILES string of the molecule is Cn1cc([C@@H](NC(=O)c2cn3ccsc3n2)C2CC(O)C2)cn1. The van der Waals surface area contributed by atoms with Crippen molar-refractivity contribution in [1.29, 1.82) is 0 Å². The number of amides is 1. The largest absolute Gasteiger partial charge is 0.393 e. The zero-order valence-electron chi connectivity index (χ0n) is 12.6. The molecule has 0 bridgehead atoms. The van der Waals surface area contributed by atoms with Gasteiger partial charge in [-0.1, -0.05) is 0 Å². The Morgan fingerprint density at radius 2 is 2.30 bits per heavy atom. The molecule has 0 radical (unpaired) electrons. The Labute approximate surface area is 136 Å². The minimum absolute atomic E-state index is 0.153. The lowest BCUT2D eigenvalue weighted by Crippen LogP contribution is -2.41. The number of hydrogen-bond acceptors (Lipinski definition) is 5. The first-order valence-corrected chi connectivity index (χ1v) is 8.38. The quantitative estimate of drug-likeness (QED) is 0.756. The fraction of sp³-hybridized carbons (Fsp3) is 0.400. The highest BCUT2D eigenvalue weighted by Gasteiger charge is 2.36. The van der Waals surface area contributed by atoms with Crippen molar-refractivity contribution in [3.63, 3.8) is 0 Å². The van der Waals surface area contributed by atoms with Gasteiger partial charge in [-0.15, -0.1) is 11.3 Å². The molecular weight excluding hydrogens is 314 g/mol. The van der Waals surface area contributed by atoms with E-state index in [9.17, 15) is 9.90 Å². The average molecular weight is 331 g/mol. The molecule has 2 N–H and O–H groups in total. The van der Waals surface area contributed by atoms with E-state index in [2.05, 4.69) is 15.4 Å². The molecule has 4 rings (SSSR count). The second kappa shape index (κ2) is 5.47. The van der Waals surface area contributed by atoms with E-state index in [1.165, 1.54) is 11.3 Å². The predicted molar refractivity (Wildman–Crippen MR) is 85.2 cm³/mol. The van der Waals surface area contributed by atoms with Crippen LogP contribution in [0.1, 0.15) is 34.9 Å². The van der Waals surface area contributed by atoms with Crippen molar-refractivity contribution in [2.45, 2.75) is 25.0 Å². The van der Waals surface area contributed by atoms with E-state index in [1.54, 1.807) is 17.1 Å². The predicted octanol–water partition coefficient (Wildman–Crippen LogP) is 1.37. The molecule has 120 valence electrons. The Hall–Kier alpha value is -2.19. The fourth-order valence-electron chi connectivity index (χ4n) is 3.03. The van der Waals surface area contributed by atoms with Gasteiger partial charge in [-0.3, -0.25) is 13.9 Å². The molecule has 3 heterocycles.